The third-order valence-corrected chi connectivity index (χ3v) is 2.93. The third-order valence-electron chi connectivity index (χ3n) is 2.71. The monoisotopic (exact) mass is 266 g/mol. The molecule has 0 amide bonds. The van der Waals surface area contributed by atoms with E-state index >= 15 is 0 Å². The van der Waals surface area contributed by atoms with Gasteiger partial charge in [-0.3, -0.25) is 4.79 Å². The van der Waals surface area contributed by atoms with Crippen LogP contribution in [0, 0.1) is 6.92 Å². The molecule has 0 aromatic heterocycles. The van der Waals surface area contributed by atoms with Gasteiger partial charge in [0.15, 0.2) is 0 Å². The second-order valence-corrected chi connectivity index (χ2v) is 4.57. The fraction of sp³-hybridized carbons (Fsp3) is 0.385. The van der Waals surface area contributed by atoms with Gasteiger partial charge in [-0.1, -0.05) is 23.8 Å². The van der Waals surface area contributed by atoms with Crippen molar-refractivity contribution in [1.82, 2.24) is 0 Å². The average Bonchev–Trinajstić information content (AvgIpc) is 2.35. The molecule has 0 aliphatic rings. The molecule has 0 bridgehead atoms. The Labute approximate surface area is 113 Å². The second-order valence-electron chi connectivity index (χ2n) is 4.13. The smallest absolute Gasteiger partial charge is 0.307 e. The number of ether oxygens (including phenoxy) is 1. The van der Waals surface area contributed by atoms with Crippen LogP contribution in [0.1, 0.15) is 17.5 Å². The Morgan fingerprint density at radius 2 is 2.17 bits per heavy atom. The van der Waals surface area contributed by atoms with Crippen molar-refractivity contribution in [3.05, 3.63) is 29.3 Å². The Balaban J connectivity index is 2.88. The van der Waals surface area contributed by atoms with Crippen LogP contribution in [-0.2, 0) is 9.53 Å². The number of benzene rings is 1. The highest BCUT2D eigenvalue weighted by Gasteiger charge is 2.11. The number of aryl methyl sites for hydroxylation is 1. The number of hydrogen-bond donors (Lipinski definition) is 1. The van der Waals surface area contributed by atoms with E-state index in [1.165, 1.54) is 7.11 Å². The lowest BCUT2D eigenvalue weighted by molar-refractivity contribution is -0.140. The molecule has 1 rings (SSSR count). The van der Waals surface area contributed by atoms with Crippen molar-refractivity contribution in [3.8, 4) is 0 Å². The van der Waals surface area contributed by atoms with E-state index < -0.39 is 0 Å². The Bertz CT molecular complexity index is 460. The molecule has 5 heteroatoms. The molecule has 0 saturated heterocycles. The van der Waals surface area contributed by atoms with E-state index in [1.807, 2.05) is 37.1 Å². The molecule has 0 atom stereocenters. The van der Waals surface area contributed by atoms with Crippen LogP contribution < -0.4 is 10.6 Å². The fourth-order valence-electron chi connectivity index (χ4n) is 1.66. The summed E-state index contributed by atoms with van der Waals surface area (Å²) in [6.45, 7) is 2.55. The molecule has 0 saturated carbocycles. The number of rotatable bonds is 5. The zero-order valence-corrected chi connectivity index (χ0v) is 11.7. The molecule has 0 radical (unpaired) electrons. The van der Waals surface area contributed by atoms with E-state index in [2.05, 4.69) is 4.74 Å². The lowest BCUT2D eigenvalue weighted by atomic mass is 10.1. The molecule has 18 heavy (non-hydrogen) atoms. The van der Waals surface area contributed by atoms with Gasteiger partial charge in [-0.25, -0.2) is 0 Å². The van der Waals surface area contributed by atoms with Crippen molar-refractivity contribution in [3.63, 3.8) is 0 Å². The SMILES string of the molecule is COC(=O)CCN(C)c1ccc(C)cc1C(N)=S. The van der Waals surface area contributed by atoms with Gasteiger partial charge in [-0.15, -0.1) is 0 Å². The summed E-state index contributed by atoms with van der Waals surface area (Å²) in [4.78, 5) is 13.4. The average molecular weight is 266 g/mol. The van der Waals surface area contributed by atoms with E-state index in [4.69, 9.17) is 18.0 Å². The molecule has 4 nitrogen and oxygen atoms in total. The highest BCUT2D eigenvalue weighted by atomic mass is 32.1. The minimum atomic E-state index is -0.231. The molecule has 2 N–H and O–H groups in total. The number of carbonyl (C=O) groups is 1. The van der Waals surface area contributed by atoms with Gasteiger partial charge in [0.25, 0.3) is 0 Å². The van der Waals surface area contributed by atoms with Crippen molar-refractivity contribution < 1.29 is 9.53 Å². The predicted molar refractivity (Wildman–Crippen MR) is 77.0 cm³/mol. The van der Waals surface area contributed by atoms with Crippen molar-refractivity contribution >= 4 is 28.9 Å². The Kier molecular flexibility index (Phi) is 5.09. The van der Waals surface area contributed by atoms with Crippen molar-refractivity contribution in [2.45, 2.75) is 13.3 Å². The highest BCUT2D eigenvalue weighted by Crippen LogP contribution is 2.21. The summed E-state index contributed by atoms with van der Waals surface area (Å²) in [5.74, 6) is -0.231. The summed E-state index contributed by atoms with van der Waals surface area (Å²) >= 11 is 5.05. The van der Waals surface area contributed by atoms with Gasteiger partial charge < -0.3 is 15.4 Å². The first kappa shape index (κ1) is 14.4. The number of hydrogen-bond acceptors (Lipinski definition) is 4. The quantitative estimate of drug-likeness (QED) is 0.648. The van der Waals surface area contributed by atoms with Crippen LogP contribution >= 0.6 is 12.2 Å². The van der Waals surface area contributed by atoms with Crippen molar-refractivity contribution in [1.29, 1.82) is 0 Å². The fourth-order valence-corrected chi connectivity index (χ4v) is 1.83. The Hall–Kier alpha value is -1.62. The normalized spacial score (nSPS) is 9.94. The number of nitrogens with two attached hydrogens (primary N) is 1. The molecule has 0 unspecified atom stereocenters. The van der Waals surface area contributed by atoms with E-state index in [0.717, 1.165) is 16.8 Å². The van der Waals surface area contributed by atoms with Crippen LogP contribution in [0.4, 0.5) is 5.69 Å². The maximum atomic E-state index is 11.1. The van der Waals surface area contributed by atoms with Gasteiger partial charge in [0.2, 0.25) is 0 Å². The van der Waals surface area contributed by atoms with Gasteiger partial charge >= 0.3 is 5.97 Å². The third kappa shape index (κ3) is 3.70. The van der Waals surface area contributed by atoms with Gasteiger partial charge in [0.1, 0.15) is 4.99 Å². The second kappa shape index (κ2) is 6.35. The van der Waals surface area contributed by atoms with Crippen LogP contribution in [0.25, 0.3) is 0 Å². The lowest BCUT2D eigenvalue weighted by Crippen LogP contribution is -2.25. The molecule has 0 aliphatic heterocycles. The van der Waals surface area contributed by atoms with Gasteiger partial charge in [-0.05, 0) is 19.1 Å². The van der Waals surface area contributed by atoms with Crippen LogP contribution in [-0.4, -0.2) is 31.7 Å². The van der Waals surface area contributed by atoms with Gasteiger partial charge in [-0.2, -0.15) is 0 Å². The summed E-state index contributed by atoms with van der Waals surface area (Å²) in [7, 11) is 3.28. The molecule has 1 aromatic carbocycles. The topological polar surface area (TPSA) is 55.6 Å². The number of thiocarbonyl (C=S) groups is 1. The van der Waals surface area contributed by atoms with Gasteiger partial charge in [0.05, 0.1) is 13.5 Å². The zero-order chi connectivity index (χ0) is 13.7. The highest BCUT2D eigenvalue weighted by molar-refractivity contribution is 7.80. The van der Waals surface area contributed by atoms with E-state index in [0.29, 0.717) is 18.0 Å². The summed E-state index contributed by atoms with van der Waals surface area (Å²) in [5, 5.41) is 0. The van der Waals surface area contributed by atoms with Crippen molar-refractivity contribution in [2.75, 3.05) is 25.6 Å². The number of nitrogens with zero attached hydrogens (tertiary/aromatic N) is 1. The van der Waals surface area contributed by atoms with Crippen LogP contribution in [0.5, 0.6) is 0 Å². The first-order valence-electron chi connectivity index (χ1n) is 5.64. The molecule has 1 aromatic rings. The largest absolute Gasteiger partial charge is 0.469 e. The zero-order valence-electron chi connectivity index (χ0n) is 10.9. The first-order valence-corrected chi connectivity index (χ1v) is 6.05. The Morgan fingerprint density at radius 1 is 1.50 bits per heavy atom. The summed E-state index contributed by atoms with van der Waals surface area (Å²) in [6, 6.07) is 5.90. The van der Waals surface area contributed by atoms with Crippen LogP contribution in [0.3, 0.4) is 0 Å². The number of methoxy groups -OCH3 is 1. The molecular weight excluding hydrogens is 248 g/mol. The summed E-state index contributed by atoms with van der Waals surface area (Å²) in [5.41, 5.74) is 8.58. The summed E-state index contributed by atoms with van der Waals surface area (Å²) < 4.78 is 4.62. The predicted octanol–water partition coefficient (Wildman–Crippen LogP) is 1.63. The minimum absolute atomic E-state index is 0.231. The van der Waals surface area contributed by atoms with Crippen molar-refractivity contribution in [2.24, 2.45) is 5.73 Å². The van der Waals surface area contributed by atoms with Crippen LogP contribution in [0.2, 0.25) is 0 Å². The number of carbonyl (C=O) groups excluding carboxylic acids is 1. The van der Waals surface area contributed by atoms with Crippen LogP contribution in [0.15, 0.2) is 18.2 Å². The minimum Gasteiger partial charge on any atom is -0.469 e. The summed E-state index contributed by atoms with van der Waals surface area (Å²) in [6.07, 6.45) is 0.331. The molecule has 0 heterocycles. The lowest BCUT2D eigenvalue weighted by Gasteiger charge is -2.22. The number of esters is 1. The molecule has 98 valence electrons. The maximum Gasteiger partial charge on any atom is 0.307 e. The Morgan fingerprint density at radius 3 is 2.72 bits per heavy atom. The van der Waals surface area contributed by atoms with E-state index in [1.54, 1.807) is 0 Å². The standard InChI is InChI=1S/C13H18N2O2S/c1-9-4-5-11(10(8-9)13(14)18)15(2)7-6-12(16)17-3/h4-5,8H,6-7H2,1-3H3,(H2,14,18). The number of anilines is 1. The van der Waals surface area contributed by atoms with E-state index in [-0.39, 0.29) is 5.97 Å². The maximum absolute atomic E-state index is 11.1. The van der Waals surface area contributed by atoms with E-state index in [9.17, 15) is 4.79 Å². The molecule has 0 spiro atoms. The molecule has 0 aliphatic carbocycles. The molecular formula is C13H18N2O2S. The van der Waals surface area contributed by atoms with Gasteiger partial charge in [0, 0.05) is 24.8 Å². The first-order chi connectivity index (χ1) is 8.45. The molecule has 0 fully saturated rings.